The highest BCUT2D eigenvalue weighted by Crippen LogP contribution is 2.36. The Morgan fingerprint density at radius 1 is 1.14 bits per heavy atom. The Morgan fingerprint density at radius 2 is 1.89 bits per heavy atom. The maximum Gasteiger partial charge on any atom is 0.335 e. The number of rotatable bonds is 8. The van der Waals surface area contributed by atoms with Gasteiger partial charge in [0.1, 0.15) is 12.2 Å². The molecule has 0 atom stereocenters. The lowest BCUT2D eigenvalue weighted by molar-refractivity contribution is 0.0696. The van der Waals surface area contributed by atoms with Gasteiger partial charge in [-0.3, -0.25) is 4.79 Å². The molecule has 1 aromatic heterocycles. The van der Waals surface area contributed by atoms with Gasteiger partial charge in [0.05, 0.1) is 28.4 Å². The Bertz CT molecular complexity index is 1480. The van der Waals surface area contributed by atoms with E-state index < -0.39 is 11.9 Å². The van der Waals surface area contributed by atoms with Crippen molar-refractivity contribution in [3.05, 3.63) is 91.0 Å². The average molecular weight is 637 g/mol. The van der Waals surface area contributed by atoms with Crippen molar-refractivity contribution in [1.82, 2.24) is 5.43 Å². The van der Waals surface area contributed by atoms with Crippen molar-refractivity contribution in [2.45, 2.75) is 6.61 Å². The number of hydrogen-bond donors (Lipinski definition) is 2. The van der Waals surface area contributed by atoms with Crippen LogP contribution in [0, 0.1) is 0 Å². The fraction of sp³-hybridized carbons (Fsp3) is 0.0800. The zero-order valence-corrected chi connectivity index (χ0v) is 22.5. The first-order valence-corrected chi connectivity index (χ1v) is 12.3. The first-order chi connectivity index (χ1) is 17.2. The number of halogens is 3. The number of benzene rings is 3. The van der Waals surface area contributed by atoms with Gasteiger partial charge in [0, 0.05) is 9.86 Å². The van der Waals surface area contributed by atoms with E-state index in [0.717, 1.165) is 19.9 Å². The van der Waals surface area contributed by atoms with E-state index in [1.807, 2.05) is 12.1 Å². The summed E-state index contributed by atoms with van der Waals surface area (Å²) in [7, 11) is 1.47. The molecule has 4 rings (SSSR count). The second kappa shape index (κ2) is 11.2. The van der Waals surface area contributed by atoms with Crippen molar-refractivity contribution in [2.75, 3.05) is 7.11 Å². The predicted molar refractivity (Wildman–Crippen MR) is 142 cm³/mol. The molecule has 0 saturated heterocycles. The van der Waals surface area contributed by atoms with E-state index in [9.17, 15) is 9.59 Å². The van der Waals surface area contributed by atoms with Crippen LogP contribution in [0.1, 0.15) is 32.0 Å². The molecule has 0 unspecified atom stereocenters. The van der Waals surface area contributed by atoms with Crippen LogP contribution in [0.2, 0.25) is 5.02 Å². The molecule has 0 spiro atoms. The van der Waals surface area contributed by atoms with Gasteiger partial charge >= 0.3 is 11.9 Å². The van der Waals surface area contributed by atoms with Crippen LogP contribution in [-0.4, -0.2) is 30.3 Å². The minimum Gasteiger partial charge on any atom is -0.493 e. The van der Waals surface area contributed by atoms with Gasteiger partial charge in [0.25, 0.3) is 0 Å². The standard InChI is InChI=1S/C25H17Br2ClN2O6/c1-34-20-7-14(6-19(28)23(20)35-12-13-2-4-15(5-3-13)25(32)33)11-29-30-24(31)21-9-16-8-17(26)10-18(27)22(16)36-21/h2-11H,12H2,1H3,(H,30,31)(H,32,33)/b29-11-. The SMILES string of the molecule is COc1cc(/C=N\NC(=O)c2cc3cc(Br)cc(Br)c3o2)cc(Cl)c1OCc1ccc(C(=O)O)cc1. The van der Waals surface area contributed by atoms with Crippen LogP contribution in [0.15, 0.2) is 73.1 Å². The molecule has 0 aliphatic rings. The van der Waals surface area contributed by atoms with E-state index in [4.69, 9.17) is 30.6 Å². The van der Waals surface area contributed by atoms with Crippen LogP contribution in [0.4, 0.5) is 0 Å². The molecule has 1 heterocycles. The van der Waals surface area contributed by atoms with Crippen LogP contribution in [-0.2, 0) is 6.61 Å². The fourth-order valence-corrected chi connectivity index (χ4v) is 4.87. The summed E-state index contributed by atoms with van der Waals surface area (Å²) in [5.41, 5.74) is 4.49. The van der Waals surface area contributed by atoms with Gasteiger partial charge in [-0.2, -0.15) is 5.10 Å². The molecule has 3 aromatic carbocycles. The van der Waals surface area contributed by atoms with E-state index >= 15 is 0 Å². The summed E-state index contributed by atoms with van der Waals surface area (Å²) in [6, 6.07) is 14.9. The number of amides is 1. The third-order valence-corrected chi connectivity index (χ3v) is 6.30. The molecule has 11 heteroatoms. The van der Waals surface area contributed by atoms with Gasteiger partial charge in [0.15, 0.2) is 17.3 Å². The number of carbonyl (C=O) groups is 2. The summed E-state index contributed by atoms with van der Waals surface area (Å²) in [6.45, 7) is 0.156. The number of aromatic carboxylic acids is 1. The molecule has 36 heavy (non-hydrogen) atoms. The lowest BCUT2D eigenvalue weighted by Crippen LogP contribution is -2.16. The van der Waals surface area contributed by atoms with Gasteiger partial charge in [-0.15, -0.1) is 0 Å². The Balaban J connectivity index is 1.44. The molecule has 8 nitrogen and oxygen atoms in total. The highest BCUT2D eigenvalue weighted by Gasteiger charge is 2.15. The molecule has 0 aliphatic carbocycles. The third-order valence-electron chi connectivity index (χ3n) is 4.98. The number of nitrogens with zero attached hydrogens (tertiary/aromatic N) is 1. The molecule has 0 aliphatic heterocycles. The van der Waals surface area contributed by atoms with Crippen LogP contribution >= 0.6 is 43.5 Å². The summed E-state index contributed by atoms with van der Waals surface area (Å²) in [5.74, 6) is -0.722. The highest BCUT2D eigenvalue weighted by molar-refractivity contribution is 9.11. The monoisotopic (exact) mass is 634 g/mol. The van der Waals surface area contributed by atoms with Crippen LogP contribution < -0.4 is 14.9 Å². The lowest BCUT2D eigenvalue weighted by Gasteiger charge is -2.13. The highest BCUT2D eigenvalue weighted by atomic mass is 79.9. The van der Waals surface area contributed by atoms with Crippen LogP contribution in [0.3, 0.4) is 0 Å². The van der Waals surface area contributed by atoms with Crippen LogP contribution in [0.25, 0.3) is 11.0 Å². The maximum atomic E-state index is 12.5. The molecule has 184 valence electrons. The van der Waals surface area contributed by atoms with Crippen molar-refractivity contribution in [2.24, 2.45) is 5.10 Å². The molecule has 4 aromatic rings. The Kier molecular flexibility index (Phi) is 7.97. The van der Waals surface area contributed by atoms with Crippen molar-refractivity contribution in [3.8, 4) is 11.5 Å². The van der Waals surface area contributed by atoms with Gasteiger partial charge < -0.3 is 19.0 Å². The first-order valence-electron chi connectivity index (χ1n) is 10.3. The van der Waals surface area contributed by atoms with Crippen molar-refractivity contribution in [1.29, 1.82) is 0 Å². The normalized spacial score (nSPS) is 11.1. The molecular weight excluding hydrogens is 620 g/mol. The molecule has 1 amide bonds. The van der Waals surface area contributed by atoms with Gasteiger partial charge in [-0.1, -0.05) is 39.7 Å². The molecule has 0 saturated carbocycles. The summed E-state index contributed by atoms with van der Waals surface area (Å²) < 4.78 is 18.4. The minimum absolute atomic E-state index is 0.108. The number of carboxylic acid groups (broad SMARTS) is 1. The number of hydrazone groups is 1. The van der Waals surface area contributed by atoms with E-state index in [-0.39, 0.29) is 23.0 Å². The molecule has 0 bridgehead atoms. The Morgan fingerprint density at radius 3 is 2.58 bits per heavy atom. The smallest absolute Gasteiger partial charge is 0.335 e. The van der Waals surface area contributed by atoms with E-state index in [2.05, 4.69) is 42.4 Å². The number of nitrogens with one attached hydrogen (secondary N) is 1. The number of hydrogen-bond acceptors (Lipinski definition) is 6. The number of ether oxygens (including phenoxy) is 2. The zero-order valence-electron chi connectivity index (χ0n) is 18.6. The number of carbonyl (C=O) groups excluding carboxylic acids is 1. The first kappa shape index (κ1) is 25.7. The zero-order chi connectivity index (χ0) is 25.8. The quantitative estimate of drug-likeness (QED) is 0.165. The van der Waals surface area contributed by atoms with E-state index in [1.165, 1.54) is 25.5 Å². The fourth-order valence-electron chi connectivity index (χ4n) is 3.26. The van der Waals surface area contributed by atoms with Crippen molar-refractivity contribution in [3.63, 3.8) is 0 Å². The topological polar surface area (TPSA) is 110 Å². The van der Waals surface area contributed by atoms with Gasteiger partial charge in [0.2, 0.25) is 0 Å². The molecule has 0 radical (unpaired) electrons. The third kappa shape index (κ3) is 5.89. The largest absolute Gasteiger partial charge is 0.493 e. The summed E-state index contributed by atoms with van der Waals surface area (Å²) in [4.78, 5) is 23.5. The summed E-state index contributed by atoms with van der Waals surface area (Å²) >= 11 is 13.2. The maximum absolute atomic E-state index is 12.5. The predicted octanol–water partition coefficient (Wildman–Crippen LogP) is 6.66. The van der Waals surface area contributed by atoms with Gasteiger partial charge in [-0.05, 0) is 69.5 Å². The second-order valence-corrected chi connectivity index (χ2v) is 9.62. The molecular formula is C25H17Br2ClN2O6. The number of carboxylic acids is 1. The molecule has 0 fully saturated rings. The second-order valence-electron chi connectivity index (χ2n) is 7.44. The number of methoxy groups -OCH3 is 1. The Labute approximate surface area is 227 Å². The van der Waals surface area contributed by atoms with E-state index in [0.29, 0.717) is 22.6 Å². The van der Waals surface area contributed by atoms with Crippen molar-refractivity contribution < 1.29 is 28.6 Å². The minimum atomic E-state index is -1.00. The number of fused-ring (bicyclic) bond motifs is 1. The van der Waals surface area contributed by atoms with Crippen molar-refractivity contribution >= 4 is 72.5 Å². The lowest BCUT2D eigenvalue weighted by atomic mass is 10.1. The Hall–Kier alpha value is -3.34. The molecule has 2 N–H and O–H groups in total. The van der Waals surface area contributed by atoms with Crippen LogP contribution in [0.5, 0.6) is 11.5 Å². The summed E-state index contributed by atoms with van der Waals surface area (Å²) in [5, 5.41) is 14.0. The average Bonchev–Trinajstić information content (AvgIpc) is 3.28. The summed E-state index contributed by atoms with van der Waals surface area (Å²) in [6.07, 6.45) is 1.41. The van der Waals surface area contributed by atoms with E-state index in [1.54, 1.807) is 30.3 Å². The van der Waals surface area contributed by atoms with Gasteiger partial charge in [-0.25, -0.2) is 10.2 Å². The number of furan rings is 1.